The van der Waals surface area contributed by atoms with Crippen LogP contribution in [0.3, 0.4) is 0 Å². The fourth-order valence-electron chi connectivity index (χ4n) is 1.30. The van der Waals surface area contributed by atoms with Gasteiger partial charge < -0.3 is 20.5 Å². The molecule has 0 aromatic carbocycles. The van der Waals surface area contributed by atoms with E-state index >= 15 is 0 Å². The number of carbonyl (C=O) groups is 2. The van der Waals surface area contributed by atoms with E-state index in [9.17, 15) is 9.59 Å². The molecule has 0 radical (unpaired) electrons. The zero-order valence-corrected chi connectivity index (χ0v) is 10.2. The van der Waals surface area contributed by atoms with Crippen molar-refractivity contribution in [2.75, 3.05) is 19.0 Å². The molecule has 1 aromatic rings. The average Bonchev–Trinajstić information content (AvgIpc) is 2.69. The van der Waals surface area contributed by atoms with E-state index in [0.717, 1.165) is 0 Å². The van der Waals surface area contributed by atoms with Gasteiger partial charge in [0.25, 0.3) is 0 Å². The van der Waals surface area contributed by atoms with E-state index in [4.69, 9.17) is 9.84 Å². The Kier molecular flexibility index (Phi) is 5.12. The number of hydrogen-bond acceptors (Lipinski definition) is 4. The van der Waals surface area contributed by atoms with Crippen molar-refractivity contribution < 1.29 is 19.4 Å². The molecule has 18 heavy (non-hydrogen) atoms. The predicted octanol–water partition coefficient (Wildman–Crippen LogP) is 0.0313. The molecule has 2 amide bonds. The molecule has 0 bridgehead atoms. The lowest BCUT2D eigenvalue weighted by Crippen LogP contribution is -2.37. The van der Waals surface area contributed by atoms with Gasteiger partial charge in [0.2, 0.25) is 0 Å². The number of amides is 2. The molecule has 1 rings (SSSR count). The summed E-state index contributed by atoms with van der Waals surface area (Å²) < 4.78 is 6.48. The lowest BCUT2D eigenvalue weighted by Gasteiger charge is -2.13. The summed E-state index contributed by atoms with van der Waals surface area (Å²) in [6.07, 6.45) is 2.43. The van der Waals surface area contributed by atoms with Crippen LogP contribution in [0.2, 0.25) is 0 Å². The van der Waals surface area contributed by atoms with Crippen LogP contribution in [0, 0.1) is 0 Å². The van der Waals surface area contributed by atoms with E-state index < -0.39 is 18.1 Å². The first-order valence-electron chi connectivity index (χ1n) is 5.29. The van der Waals surface area contributed by atoms with Gasteiger partial charge in [0, 0.05) is 26.9 Å². The van der Waals surface area contributed by atoms with Crippen molar-refractivity contribution in [2.45, 2.75) is 12.5 Å². The zero-order valence-electron chi connectivity index (χ0n) is 10.2. The molecule has 8 heteroatoms. The van der Waals surface area contributed by atoms with E-state index in [1.54, 1.807) is 17.9 Å². The minimum atomic E-state index is -0.976. The van der Waals surface area contributed by atoms with Crippen LogP contribution in [-0.2, 0) is 16.6 Å². The first-order chi connectivity index (χ1) is 8.51. The molecular weight excluding hydrogens is 240 g/mol. The standard InChI is InChI=1S/C10H16N4O4/c1-14-6-7(4-12-14)13-10(17)11-5-8(18-2)3-9(15)16/h4,6,8H,3,5H2,1-2H3,(H,15,16)(H2,11,13,17). The predicted molar refractivity (Wildman–Crippen MR) is 63.3 cm³/mol. The van der Waals surface area contributed by atoms with Gasteiger partial charge in [0.15, 0.2) is 0 Å². The number of ether oxygens (including phenoxy) is 1. The Labute approximate surface area is 104 Å². The number of rotatable bonds is 6. The van der Waals surface area contributed by atoms with Gasteiger partial charge in [0.1, 0.15) is 0 Å². The molecule has 0 saturated carbocycles. The highest BCUT2D eigenvalue weighted by molar-refractivity contribution is 5.88. The Bertz CT molecular complexity index is 418. The number of aromatic nitrogens is 2. The summed E-state index contributed by atoms with van der Waals surface area (Å²) in [7, 11) is 3.13. The number of urea groups is 1. The lowest BCUT2D eigenvalue weighted by atomic mass is 10.2. The molecule has 1 unspecified atom stereocenters. The Morgan fingerprint density at radius 2 is 2.33 bits per heavy atom. The van der Waals surface area contributed by atoms with Crippen LogP contribution in [0.4, 0.5) is 10.5 Å². The van der Waals surface area contributed by atoms with E-state index in [-0.39, 0.29) is 13.0 Å². The SMILES string of the molecule is COC(CNC(=O)Nc1cnn(C)c1)CC(=O)O. The molecule has 100 valence electrons. The van der Waals surface area contributed by atoms with Gasteiger partial charge in [-0.25, -0.2) is 4.79 Å². The number of carboxylic acid groups (broad SMARTS) is 1. The maximum atomic E-state index is 11.5. The third kappa shape index (κ3) is 4.83. The third-order valence-electron chi connectivity index (χ3n) is 2.19. The van der Waals surface area contributed by atoms with Crippen molar-refractivity contribution >= 4 is 17.7 Å². The number of hydrogen-bond donors (Lipinski definition) is 3. The maximum absolute atomic E-state index is 11.5. The monoisotopic (exact) mass is 256 g/mol. The summed E-state index contributed by atoms with van der Waals surface area (Å²) in [5.41, 5.74) is 0.558. The molecular formula is C10H16N4O4. The summed E-state index contributed by atoms with van der Waals surface area (Å²) in [5, 5.41) is 17.6. The fourth-order valence-corrected chi connectivity index (χ4v) is 1.30. The summed E-state index contributed by atoms with van der Waals surface area (Å²) in [5.74, 6) is -0.976. The Morgan fingerprint density at radius 3 is 2.83 bits per heavy atom. The number of carboxylic acids is 1. The summed E-state index contributed by atoms with van der Waals surface area (Å²) >= 11 is 0. The van der Waals surface area contributed by atoms with Gasteiger partial charge in [-0.2, -0.15) is 5.10 Å². The number of carbonyl (C=O) groups excluding carboxylic acids is 1. The number of methoxy groups -OCH3 is 1. The van der Waals surface area contributed by atoms with Crippen molar-refractivity contribution in [3.05, 3.63) is 12.4 Å². The minimum Gasteiger partial charge on any atom is -0.481 e. The van der Waals surface area contributed by atoms with E-state index in [1.165, 1.54) is 13.3 Å². The summed E-state index contributed by atoms with van der Waals surface area (Å²) in [6, 6.07) is -0.435. The highest BCUT2D eigenvalue weighted by Crippen LogP contribution is 2.02. The largest absolute Gasteiger partial charge is 0.481 e. The van der Waals surface area contributed by atoms with Crippen LogP contribution >= 0.6 is 0 Å². The fraction of sp³-hybridized carbons (Fsp3) is 0.500. The minimum absolute atomic E-state index is 0.120. The van der Waals surface area contributed by atoms with Gasteiger partial charge in [-0.3, -0.25) is 9.48 Å². The van der Waals surface area contributed by atoms with Crippen LogP contribution in [0.5, 0.6) is 0 Å². The van der Waals surface area contributed by atoms with Crippen molar-refractivity contribution in [3.8, 4) is 0 Å². The Hall–Kier alpha value is -2.09. The number of nitrogens with one attached hydrogen (secondary N) is 2. The highest BCUT2D eigenvalue weighted by Gasteiger charge is 2.13. The van der Waals surface area contributed by atoms with Crippen molar-refractivity contribution in [1.82, 2.24) is 15.1 Å². The quantitative estimate of drug-likeness (QED) is 0.666. The second-order valence-corrected chi connectivity index (χ2v) is 3.69. The number of nitrogens with zero attached hydrogens (tertiary/aromatic N) is 2. The highest BCUT2D eigenvalue weighted by atomic mass is 16.5. The smallest absolute Gasteiger partial charge is 0.319 e. The Morgan fingerprint density at radius 1 is 1.61 bits per heavy atom. The first kappa shape index (κ1) is 14.0. The molecule has 1 heterocycles. The molecule has 0 fully saturated rings. The van der Waals surface area contributed by atoms with Crippen LogP contribution in [0.25, 0.3) is 0 Å². The van der Waals surface area contributed by atoms with E-state index in [0.29, 0.717) is 5.69 Å². The number of aliphatic carboxylic acids is 1. The molecule has 0 aliphatic heterocycles. The molecule has 0 aliphatic carbocycles. The summed E-state index contributed by atoms with van der Waals surface area (Å²) in [6.45, 7) is 0.120. The van der Waals surface area contributed by atoms with Gasteiger partial charge >= 0.3 is 12.0 Å². The molecule has 1 atom stereocenters. The summed E-state index contributed by atoms with van der Waals surface area (Å²) in [4.78, 5) is 22.0. The van der Waals surface area contributed by atoms with Gasteiger partial charge in [-0.1, -0.05) is 0 Å². The first-order valence-corrected chi connectivity index (χ1v) is 5.29. The van der Waals surface area contributed by atoms with Gasteiger partial charge in [-0.15, -0.1) is 0 Å². The van der Waals surface area contributed by atoms with Gasteiger partial charge in [0.05, 0.1) is 24.4 Å². The van der Waals surface area contributed by atoms with E-state index in [2.05, 4.69) is 15.7 Å². The molecule has 0 aliphatic rings. The second-order valence-electron chi connectivity index (χ2n) is 3.69. The normalized spacial score (nSPS) is 11.9. The average molecular weight is 256 g/mol. The third-order valence-corrected chi connectivity index (χ3v) is 2.19. The molecule has 3 N–H and O–H groups in total. The van der Waals surface area contributed by atoms with Crippen molar-refractivity contribution in [1.29, 1.82) is 0 Å². The molecule has 1 aromatic heterocycles. The van der Waals surface area contributed by atoms with Crippen LogP contribution < -0.4 is 10.6 Å². The van der Waals surface area contributed by atoms with Crippen LogP contribution in [-0.4, -0.2) is 46.6 Å². The second kappa shape index (κ2) is 6.60. The lowest BCUT2D eigenvalue weighted by molar-refractivity contribution is -0.139. The zero-order chi connectivity index (χ0) is 13.5. The Balaban J connectivity index is 2.33. The maximum Gasteiger partial charge on any atom is 0.319 e. The molecule has 0 saturated heterocycles. The molecule has 8 nitrogen and oxygen atoms in total. The van der Waals surface area contributed by atoms with Crippen LogP contribution in [0.15, 0.2) is 12.4 Å². The van der Waals surface area contributed by atoms with Gasteiger partial charge in [-0.05, 0) is 0 Å². The number of aryl methyl sites for hydroxylation is 1. The molecule has 0 spiro atoms. The topological polar surface area (TPSA) is 105 Å². The van der Waals surface area contributed by atoms with Crippen molar-refractivity contribution in [3.63, 3.8) is 0 Å². The number of anilines is 1. The van der Waals surface area contributed by atoms with E-state index in [1.807, 2.05) is 0 Å². The van der Waals surface area contributed by atoms with Crippen LogP contribution in [0.1, 0.15) is 6.42 Å². The van der Waals surface area contributed by atoms with Crippen molar-refractivity contribution in [2.24, 2.45) is 7.05 Å².